The van der Waals surface area contributed by atoms with Crippen LogP contribution in [0, 0.1) is 5.41 Å². The maximum atomic E-state index is 14.2. The average molecular weight is 562 g/mol. The van der Waals surface area contributed by atoms with Gasteiger partial charge in [-0.3, -0.25) is 9.59 Å². The van der Waals surface area contributed by atoms with Crippen molar-refractivity contribution in [2.75, 3.05) is 0 Å². The molecule has 0 aromatic heterocycles. The minimum absolute atomic E-state index is 0.00933. The molecule has 2 aromatic carbocycles. The number of benzene rings is 2. The number of aliphatic hydroxyl groups excluding tert-OH is 1. The van der Waals surface area contributed by atoms with Crippen LogP contribution in [0.15, 0.2) is 47.4 Å². The smallest absolute Gasteiger partial charge is 0.238 e. The monoisotopic (exact) mass is 560 g/mol. The van der Waals surface area contributed by atoms with E-state index in [0.717, 1.165) is 28.9 Å². The van der Waals surface area contributed by atoms with E-state index in [9.17, 15) is 14.7 Å². The molecule has 2 aliphatic heterocycles. The largest absolute Gasteiger partial charge is 0.393 e. The van der Waals surface area contributed by atoms with Gasteiger partial charge in [-0.05, 0) is 72.9 Å². The molecule has 0 unspecified atom stereocenters. The third-order valence-electron chi connectivity index (χ3n) is 8.03. The number of hydrogen-bond donors (Lipinski definition) is 3. The van der Waals surface area contributed by atoms with Crippen LogP contribution < -0.4 is 10.6 Å². The molecule has 37 heavy (non-hydrogen) atoms. The van der Waals surface area contributed by atoms with Gasteiger partial charge in [0.05, 0.1) is 17.6 Å². The lowest BCUT2D eigenvalue weighted by Gasteiger charge is -2.38. The van der Waals surface area contributed by atoms with Crippen LogP contribution in [-0.4, -0.2) is 40.4 Å². The highest BCUT2D eigenvalue weighted by molar-refractivity contribution is 8.14. The molecule has 1 amide bonds. The fourth-order valence-electron chi connectivity index (χ4n) is 6.49. The van der Waals surface area contributed by atoms with E-state index in [4.69, 9.17) is 23.2 Å². The summed E-state index contributed by atoms with van der Waals surface area (Å²) in [5.41, 5.74) is 0.754. The molecular formula is C29H34Cl2N2O3S. The standard InChI is InChI=1S/C29H34Cl2N2O3S/c1-28(2,3)15-23-29(21-12-7-18(31)14-22(21)37-27(29)36)24(16-5-4-6-17(30)13-16)25(33-23)26(35)32-19-8-10-20(34)11-9-19/h4-7,12-14,19-20,23-25,33-34H,8-11,15H2,1-3H3,(H,32,35)/t19?,20?,23-,24+,25-,29+/m1/s1. The molecule has 3 aliphatic rings. The normalized spacial score (nSPS) is 31.5. The number of fused-ring (bicyclic) bond motifs is 2. The zero-order valence-electron chi connectivity index (χ0n) is 21.4. The molecule has 8 heteroatoms. The highest BCUT2D eigenvalue weighted by Crippen LogP contribution is 2.60. The third kappa shape index (κ3) is 5.08. The van der Waals surface area contributed by atoms with Gasteiger partial charge in [0.15, 0.2) is 0 Å². The lowest BCUT2D eigenvalue weighted by molar-refractivity contribution is -0.124. The molecule has 2 fully saturated rings. The third-order valence-corrected chi connectivity index (χ3v) is 9.58. The van der Waals surface area contributed by atoms with Crippen LogP contribution in [-0.2, 0) is 15.0 Å². The molecule has 1 spiro atoms. The first-order chi connectivity index (χ1) is 17.5. The van der Waals surface area contributed by atoms with E-state index in [0.29, 0.717) is 29.3 Å². The summed E-state index contributed by atoms with van der Waals surface area (Å²) in [6, 6.07) is 12.3. The summed E-state index contributed by atoms with van der Waals surface area (Å²) in [6.45, 7) is 6.48. The molecule has 3 N–H and O–H groups in total. The van der Waals surface area contributed by atoms with Gasteiger partial charge in [0.25, 0.3) is 0 Å². The molecule has 1 aliphatic carbocycles. The minimum atomic E-state index is -0.951. The highest BCUT2D eigenvalue weighted by Gasteiger charge is 2.65. The van der Waals surface area contributed by atoms with Crippen LogP contribution in [0.2, 0.25) is 10.0 Å². The highest BCUT2D eigenvalue weighted by atomic mass is 35.5. The maximum Gasteiger partial charge on any atom is 0.238 e. The van der Waals surface area contributed by atoms with Crippen LogP contribution in [0.3, 0.4) is 0 Å². The second-order valence-electron chi connectivity index (χ2n) is 11.9. The molecule has 4 atom stereocenters. The zero-order chi connectivity index (χ0) is 26.5. The van der Waals surface area contributed by atoms with Gasteiger partial charge in [0.2, 0.25) is 11.0 Å². The number of carbonyl (C=O) groups is 2. The van der Waals surface area contributed by atoms with E-state index >= 15 is 0 Å². The number of hydrogen-bond acceptors (Lipinski definition) is 5. The Morgan fingerprint density at radius 1 is 1.11 bits per heavy atom. The Morgan fingerprint density at radius 2 is 1.81 bits per heavy atom. The summed E-state index contributed by atoms with van der Waals surface area (Å²) in [7, 11) is 0. The molecule has 1 saturated carbocycles. The number of thioether (sulfide) groups is 1. The second kappa shape index (κ2) is 10.2. The predicted octanol–water partition coefficient (Wildman–Crippen LogP) is 5.84. The molecule has 2 aromatic rings. The molecule has 0 radical (unpaired) electrons. The van der Waals surface area contributed by atoms with Crippen molar-refractivity contribution in [2.45, 2.75) is 93.3 Å². The molecule has 198 valence electrons. The van der Waals surface area contributed by atoms with Crippen LogP contribution >= 0.6 is 35.0 Å². The molecule has 2 heterocycles. The van der Waals surface area contributed by atoms with Crippen molar-refractivity contribution in [3.05, 3.63) is 63.6 Å². The van der Waals surface area contributed by atoms with Gasteiger partial charge in [0.1, 0.15) is 0 Å². The molecule has 5 rings (SSSR count). The second-order valence-corrected chi connectivity index (χ2v) is 13.8. The topological polar surface area (TPSA) is 78.4 Å². The van der Waals surface area contributed by atoms with E-state index < -0.39 is 17.4 Å². The fourth-order valence-corrected chi connectivity index (χ4v) is 8.21. The van der Waals surface area contributed by atoms with Crippen molar-refractivity contribution >= 4 is 46.0 Å². The number of carbonyl (C=O) groups excluding carboxylic acids is 2. The van der Waals surface area contributed by atoms with E-state index in [1.54, 1.807) is 0 Å². The zero-order valence-corrected chi connectivity index (χ0v) is 23.7. The quantitative estimate of drug-likeness (QED) is 0.437. The summed E-state index contributed by atoms with van der Waals surface area (Å²) in [5, 5.41) is 18.0. The first kappa shape index (κ1) is 27.0. The Kier molecular flexibility index (Phi) is 7.44. The van der Waals surface area contributed by atoms with Crippen molar-refractivity contribution in [3.8, 4) is 0 Å². The summed E-state index contributed by atoms with van der Waals surface area (Å²) in [4.78, 5) is 29.0. The van der Waals surface area contributed by atoms with Crippen molar-refractivity contribution in [1.29, 1.82) is 0 Å². The Balaban J connectivity index is 1.64. The number of amides is 1. The van der Waals surface area contributed by atoms with Gasteiger partial charge in [-0.25, -0.2) is 0 Å². The first-order valence-electron chi connectivity index (χ1n) is 13.0. The Morgan fingerprint density at radius 3 is 2.49 bits per heavy atom. The Bertz CT molecular complexity index is 1210. The average Bonchev–Trinajstić information content (AvgIpc) is 3.29. The van der Waals surface area contributed by atoms with Crippen LogP contribution in [0.5, 0.6) is 0 Å². The number of nitrogens with one attached hydrogen (secondary N) is 2. The first-order valence-corrected chi connectivity index (χ1v) is 14.6. The van der Waals surface area contributed by atoms with Crippen molar-refractivity contribution in [3.63, 3.8) is 0 Å². The van der Waals surface area contributed by atoms with Crippen LogP contribution in [0.1, 0.15) is 69.9 Å². The number of rotatable bonds is 4. The predicted molar refractivity (Wildman–Crippen MR) is 149 cm³/mol. The number of halogens is 2. The van der Waals surface area contributed by atoms with E-state index in [1.165, 1.54) is 11.8 Å². The van der Waals surface area contributed by atoms with Gasteiger partial charge >= 0.3 is 0 Å². The van der Waals surface area contributed by atoms with Crippen LogP contribution in [0.25, 0.3) is 0 Å². The molecular weight excluding hydrogens is 527 g/mol. The van der Waals surface area contributed by atoms with Gasteiger partial charge in [-0.15, -0.1) is 0 Å². The van der Waals surface area contributed by atoms with E-state index in [-0.39, 0.29) is 34.6 Å². The van der Waals surface area contributed by atoms with Crippen LogP contribution in [0.4, 0.5) is 0 Å². The minimum Gasteiger partial charge on any atom is -0.393 e. The summed E-state index contributed by atoms with van der Waals surface area (Å²) >= 11 is 14.0. The summed E-state index contributed by atoms with van der Waals surface area (Å²) < 4.78 is 0. The SMILES string of the molecule is CC(C)(C)C[C@H]1N[C@@H](C(=O)NC2CCC(O)CC2)[C@H](c2cccc(Cl)c2)[C@@]12C(=O)Sc1cc(Cl)ccc12. The maximum absolute atomic E-state index is 14.2. The van der Waals surface area contributed by atoms with E-state index in [1.807, 2.05) is 42.5 Å². The number of aliphatic hydroxyl groups is 1. The van der Waals surface area contributed by atoms with Crippen molar-refractivity contribution < 1.29 is 14.7 Å². The van der Waals surface area contributed by atoms with Gasteiger partial charge in [-0.1, -0.05) is 73.9 Å². The van der Waals surface area contributed by atoms with Crippen molar-refractivity contribution in [1.82, 2.24) is 10.6 Å². The van der Waals surface area contributed by atoms with Crippen molar-refractivity contribution in [2.24, 2.45) is 5.41 Å². The fraction of sp³-hybridized carbons (Fsp3) is 0.517. The molecule has 5 nitrogen and oxygen atoms in total. The lowest BCUT2D eigenvalue weighted by Crippen LogP contribution is -2.49. The summed E-state index contributed by atoms with van der Waals surface area (Å²) in [5.74, 6) is -0.558. The van der Waals surface area contributed by atoms with Gasteiger partial charge < -0.3 is 15.7 Å². The lowest BCUT2D eigenvalue weighted by atomic mass is 9.63. The Labute approximate surface area is 233 Å². The molecule has 1 saturated heterocycles. The Hall–Kier alpha value is -1.57. The summed E-state index contributed by atoms with van der Waals surface area (Å²) in [6.07, 6.45) is 3.26. The van der Waals surface area contributed by atoms with E-state index in [2.05, 4.69) is 31.4 Å². The molecule has 0 bridgehead atoms. The van der Waals surface area contributed by atoms with Gasteiger partial charge in [-0.2, -0.15) is 0 Å². The van der Waals surface area contributed by atoms with Gasteiger partial charge in [0, 0.05) is 32.9 Å².